The first-order valence-corrected chi connectivity index (χ1v) is 9.65. The van der Waals surface area contributed by atoms with E-state index in [-0.39, 0.29) is 5.91 Å². The lowest BCUT2D eigenvalue weighted by Gasteiger charge is -2.19. The summed E-state index contributed by atoms with van der Waals surface area (Å²) in [6.07, 6.45) is 0. The Hall–Kier alpha value is -1.00. The van der Waals surface area contributed by atoms with Gasteiger partial charge in [-0.25, -0.2) is 5.06 Å². The molecule has 0 N–H and O–H groups in total. The van der Waals surface area contributed by atoms with Crippen LogP contribution in [0.4, 0.5) is 0 Å². The molecule has 1 aromatic rings. The molecular formula is C16H26ClNO6Si. The Balaban J connectivity index is 0.000000299. The zero-order valence-electron chi connectivity index (χ0n) is 15.5. The molecule has 1 amide bonds. The summed E-state index contributed by atoms with van der Waals surface area (Å²) in [4.78, 5) is 17.3. The van der Waals surface area contributed by atoms with Crippen molar-refractivity contribution >= 4 is 26.6 Å². The molecule has 0 radical (unpaired) electrons. The molecule has 0 atom stereocenters. The summed E-state index contributed by atoms with van der Waals surface area (Å²) >= 11 is 6.03. The summed E-state index contributed by atoms with van der Waals surface area (Å²) in [5.74, 6) is 0.00687. The molecule has 0 saturated carbocycles. The highest BCUT2D eigenvalue weighted by Gasteiger charge is 2.41. The van der Waals surface area contributed by atoms with Gasteiger partial charge < -0.3 is 17.7 Å². The predicted octanol–water partition coefficient (Wildman–Crippen LogP) is 2.65. The number of rotatable bonds is 6. The van der Waals surface area contributed by atoms with Crippen LogP contribution in [-0.2, 0) is 33.9 Å². The molecule has 0 spiro atoms. The first-order valence-electron chi connectivity index (χ1n) is 7.64. The van der Waals surface area contributed by atoms with Gasteiger partial charge in [0.2, 0.25) is 0 Å². The van der Waals surface area contributed by atoms with Crippen molar-refractivity contribution in [1.29, 1.82) is 0 Å². The number of hydrogen-bond donors (Lipinski definition) is 0. The van der Waals surface area contributed by atoms with E-state index in [9.17, 15) is 4.79 Å². The molecule has 1 saturated heterocycles. The second kappa shape index (κ2) is 9.63. The maximum absolute atomic E-state index is 11.9. The lowest BCUT2D eigenvalue weighted by Crippen LogP contribution is -2.45. The van der Waals surface area contributed by atoms with E-state index >= 15 is 0 Å². The number of hydrogen-bond acceptors (Lipinski definition) is 6. The van der Waals surface area contributed by atoms with E-state index in [4.69, 9.17) is 34.1 Å². The minimum atomic E-state index is -2.69. The van der Waals surface area contributed by atoms with Crippen LogP contribution < -0.4 is 0 Å². The summed E-state index contributed by atoms with van der Waals surface area (Å²) in [5.41, 5.74) is 0.469. The quantitative estimate of drug-likeness (QED) is 0.694. The second-order valence-electron chi connectivity index (χ2n) is 5.91. The number of nitrogens with zero attached hydrogens (tertiary/aromatic N) is 1. The first kappa shape index (κ1) is 22.0. The van der Waals surface area contributed by atoms with Crippen molar-refractivity contribution in [2.45, 2.75) is 20.4 Å². The van der Waals surface area contributed by atoms with Crippen LogP contribution in [0.3, 0.4) is 0 Å². The van der Waals surface area contributed by atoms with Crippen LogP contribution >= 0.6 is 11.6 Å². The van der Waals surface area contributed by atoms with Crippen LogP contribution in [0.5, 0.6) is 0 Å². The summed E-state index contributed by atoms with van der Waals surface area (Å²) in [7, 11) is 3.26. The van der Waals surface area contributed by atoms with Gasteiger partial charge in [-0.1, -0.05) is 29.8 Å². The standard InChI is InChI=1S/C12H14ClNO2.C4H12O4Si/c1-12(2)8-16-14(11(12)15)7-9-5-3-4-6-10(9)13;1-5-9(6-2,7-3)8-4/h3-6H,7-8H2,1-2H3;1-4H3. The summed E-state index contributed by atoms with van der Waals surface area (Å²) in [5, 5.41) is 2.05. The molecule has 0 aromatic heterocycles. The van der Waals surface area contributed by atoms with Gasteiger partial charge in [-0.15, -0.1) is 0 Å². The maximum Gasteiger partial charge on any atom is 0.678 e. The molecule has 1 fully saturated rings. The second-order valence-corrected chi connectivity index (χ2v) is 8.95. The molecule has 25 heavy (non-hydrogen) atoms. The number of benzene rings is 1. The molecule has 0 bridgehead atoms. The highest BCUT2D eigenvalue weighted by atomic mass is 35.5. The van der Waals surface area contributed by atoms with Gasteiger partial charge in [0.15, 0.2) is 0 Å². The Morgan fingerprint density at radius 3 is 2.00 bits per heavy atom. The van der Waals surface area contributed by atoms with E-state index in [1.165, 1.54) is 33.5 Å². The molecule has 1 aliphatic heterocycles. The number of amides is 1. The Morgan fingerprint density at radius 1 is 1.12 bits per heavy atom. The van der Waals surface area contributed by atoms with Crippen LogP contribution in [0.2, 0.25) is 5.02 Å². The molecule has 1 heterocycles. The molecule has 0 unspecified atom stereocenters. The molecule has 7 nitrogen and oxygen atoms in total. The monoisotopic (exact) mass is 391 g/mol. The van der Waals surface area contributed by atoms with E-state index in [1.54, 1.807) is 0 Å². The summed E-state index contributed by atoms with van der Waals surface area (Å²) < 4.78 is 19.4. The topological polar surface area (TPSA) is 66.5 Å². The molecule has 142 valence electrons. The van der Waals surface area contributed by atoms with E-state index in [0.29, 0.717) is 18.2 Å². The van der Waals surface area contributed by atoms with Gasteiger partial charge in [0.05, 0.1) is 18.6 Å². The van der Waals surface area contributed by atoms with Gasteiger partial charge in [-0.05, 0) is 25.5 Å². The zero-order chi connectivity index (χ0) is 19.1. The van der Waals surface area contributed by atoms with Gasteiger partial charge in [0, 0.05) is 33.5 Å². The highest BCUT2D eigenvalue weighted by Crippen LogP contribution is 2.29. The van der Waals surface area contributed by atoms with Crippen molar-refractivity contribution in [2.24, 2.45) is 5.41 Å². The Kier molecular flexibility index (Phi) is 8.49. The number of carbonyl (C=O) groups excluding carboxylic acids is 1. The van der Waals surface area contributed by atoms with Gasteiger partial charge in [0.25, 0.3) is 5.91 Å². The van der Waals surface area contributed by atoms with Crippen molar-refractivity contribution in [3.05, 3.63) is 34.9 Å². The zero-order valence-corrected chi connectivity index (χ0v) is 17.3. The van der Waals surface area contributed by atoms with Crippen molar-refractivity contribution < 1.29 is 27.3 Å². The Bertz CT molecular complexity index is 550. The maximum atomic E-state index is 11.9. The fraction of sp³-hybridized carbons (Fsp3) is 0.562. The molecular weight excluding hydrogens is 366 g/mol. The van der Waals surface area contributed by atoms with Gasteiger partial charge in [-0.2, -0.15) is 0 Å². The van der Waals surface area contributed by atoms with Crippen molar-refractivity contribution in [3.63, 3.8) is 0 Å². The largest absolute Gasteiger partial charge is 0.678 e. The summed E-state index contributed by atoms with van der Waals surface area (Å²) in [6.45, 7) is 4.59. The summed E-state index contributed by atoms with van der Waals surface area (Å²) in [6, 6.07) is 7.46. The fourth-order valence-electron chi connectivity index (χ4n) is 2.10. The van der Waals surface area contributed by atoms with Crippen LogP contribution in [0.25, 0.3) is 0 Å². The normalized spacial score (nSPS) is 16.6. The molecule has 2 rings (SSSR count). The number of halogens is 1. The number of hydroxylamine groups is 2. The minimum Gasteiger partial charge on any atom is -0.355 e. The highest BCUT2D eigenvalue weighted by molar-refractivity contribution is 6.53. The number of carbonyl (C=O) groups is 1. The average molecular weight is 392 g/mol. The molecule has 1 aliphatic rings. The van der Waals surface area contributed by atoms with E-state index in [1.807, 2.05) is 38.1 Å². The fourth-order valence-corrected chi connectivity index (χ4v) is 3.29. The van der Waals surface area contributed by atoms with E-state index in [2.05, 4.69) is 0 Å². The van der Waals surface area contributed by atoms with Gasteiger partial charge in [-0.3, -0.25) is 9.63 Å². The SMILES string of the molecule is CC1(C)CON(Cc2ccccc2Cl)C1=O.CO[Si](OC)(OC)OC. The first-order chi connectivity index (χ1) is 11.7. The third-order valence-corrected chi connectivity index (χ3v) is 6.03. The van der Waals surface area contributed by atoms with Crippen molar-refractivity contribution in [1.82, 2.24) is 5.06 Å². The van der Waals surface area contributed by atoms with E-state index in [0.717, 1.165) is 5.56 Å². The lowest BCUT2D eigenvalue weighted by atomic mass is 9.95. The Labute approximate surface area is 155 Å². The third-order valence-electron chi connectivity index (χ3n) is 3.66. The van der Waals surface area contributed by atoms with Gasteiger partial charge in [0.1, 0.15) is 0 Å². The molecule has 9 heteroatoms. The lowest BCUT2D eigenvalue weighted by molar-refractivity contribution is -0.165. The molecule has 1 aromatic carbocycles. The van der Waals surface area contributed by atoms with Crippen molar-refractivity contribution in [3.8, 4) is 0 Å². The minimum absolute atomic E-state index is 0.00687. The third kappa shape index (κ3) is 5.75. The van der Waals surface area contributed by atoms with Crippen LogP contribution in [0.1, 0.15) is 19.4 Å². The van der Waals surface area contributed by atoms with Crippen molar-refractivity contribution in [2.75, 3.05) is 35.0 Å². The van der Waals surface area contributed by atoms with Crippen LogP contribution in [-0.4, -0.2) is 55.1 Å². The Morgan fingerprint density at radius 2 is 1.64 bits per heavy atom. The van der Waals surface area contributed by atoms with Gasteiger partial charge >= 0.3 is 9.05 Å². The van der Waals surface area contributed by atoms with E-state index < -0.39 is 14.5 Å². The average Bonchev–Trinajstić information content (AvgIpc) is 2.87. The molecule has 0 aliphatic carbocycles. The predicted molar refractivity (Wildman–Crippen MR) is 95.5 cm³/mol. The van der Waals surface area contributed by atoms with Crippen LogP contribution in [0.15, 0.2) is 24.3 Å². The smallest absolute Gasteiger partial charge is 0.355 e. The van der Waals surface area contributed by atoms with Crippen LogP contribution in [0, 0.1) is 5.41 Å².